The minimum absolute atomic E-state index is 1.15. The van der Waals surface area contributed by atoms with E-state index in [4.69, 9.17) is 0 Å². The average molecular weight is 138 g/mol. The smallest absolute Gasteiger partial charge is 0.0414 e. The Morgan fingerprint density at radius 2 is 1.10 bits per heavy atom. The van der Waals surface area contributed by atoms with Gasteiger partial charge in [-0.1, -0.05) is 51.4 Å². The van der Waals surface area contributed by atoms with Crippen molar-refractivity contribution in [1.82, 2.24) is 0 Å². The second-order valence-corrected chi connectivity index (χ2v) is 4.17. The van der Waals surface area contributed by atoms with Crippen molar-refractivity contribution in [2.24, 2.45) is 11.8 Å². The summed E-state index contributed by atoms with van der Waals surface area (Å²) in [5, 5.41) is 0. The van der Waals surface area contributed by atoms with Gasteiger partial charge in [-0.25, -0.2) is 0 Å². The maximum Gasteiger partial charge on any atom is -0.0414 e. The molecule has 0 aromatic rings. The lowest BCUT2D eigenvalue weighted by atomic mass is 9.76. The van der Waals surface area contributed by atoms with E-state index >= 15 is 0 Å². The van der Waals surface area contributed by atoms with Gasteiger partial charge in [0.2, 0.25) is 0 Å². The Morgan fingerprint density at radius 3 is 1.30 bits per heavy atom. The van der Waals surface area contributed by atoms with Crippen LogP contribution in [0.5, 0.6) is 0 Å². The maximum absolute atomic E-state index is 1.56. The van der Waals surface area contributed by atoms with Gasteiger partial charge >= 0.3 is 0 Å². The minimum Gasteiger partial charge on any atom is -0.0528 e. The van der Waals surface area contributed by atoms with Crippen LogP contribution in [0.1, 0.15) is 51.4 Å². The van der Waals surface area contributed by atoms with Gasteiger partial charge < -0.3 is 0 Å². The third-order valence-corrected chi connectivity index (χ3v) is 3.43. The molecule has 0 aliphatic heterocycles. The Hall–Kier alpha value is 0. The van der Waals surface area contributed by atoms with Gasteiger partial charge in [-0.3, -0.25) is 0 Å². The zero-order chi connectivity index (χ0) is 6.81. The van der Waals surface area contributed by atoms with Crippen LogP contribution in [-0.2, 0) is 0 Å². The Kier molecular flexibility index (Phi) is 1.97. The van der Waals surface area contributed by atoms with Crippen LogP contribution < -0.4 is 0 Å². The SMILES string of the molecule is C1CC(CCC2CCC2)C1. The van der Waals surface area contributed by atoms with E-state index < -0.39 is 0 Å². The number of hydrogen-bond donors (Lipinski definition) is 0. The first-order valence-corrected chi connectivity index (χ1v) is 4.95. The van der Waals surface area contributed by atoms with Gasteiger partial charge in [0.25, 0.3) is 0 Å². The summed E-state index contributed by atoms with van der Waals surface area (Å²) < 4.78 is 0. The van der Waals surface area contributed by atoms with Gasteiger partial charge in [0.05, 0.1) is 0 Å². The number of hydrogen-bond acceptors (Lipinski definition) is 0. The maximum atomic E-state index is 1.56. The molecule has 0 spiro atoms. The van der Waals surface area contributed by atoms with Gasteiger partial charge in [0.15, 0.2) is 0 Å². The van der Waals surface area contributed by atoms with E-state index in [0.717, 1.165) is 11.8 Å². The van der Waals surface area contributed by atoms with Crippen LogP contribution in [0.15, 0.2) is 0 Å². The van der Waals surface area contributed by atoms with E-state index in [-0.39, 0.29) is 0 Å². The van der Waals surface area contributed by atoms with Crippen LogP contribution in [0.4, 0.5) is 0 Å². The molecule has 0 heteroatoms. The van der Waals surface area contributed by atoms with Crippen molar-refractivity contribution >= 4 is 0 Å². The fourth-order valence-electron chi connectivity index (χ4n) is 2.03. The predicted molar refractivity (Wildman–Crippen MR) is 43.9 cm³/mol. The van der Waals surface area contributed by atoms with Crippen LogP contribution in [0.3, 0.4) is 0 Å². The van der Waals surface area contributed by atoms with Crippen molar-refractivity contribution in [3.63, 3.8) is 0 Å². The Bertz CT molecular complexity index is 84.6. The molecule has 0 atom stereocenters. The molecule has 2 aliphatic carbocycles. The van der Waals surface area contributed by atoms with Crippen molar-refractivity contribution in [1.29, 1.82) is 0 Å². The topological polar surface area (TPSA) is 0 Å². The molecule has 0 bridgehead atoms. The first-order valence-electron chi connectivity index (χ1n) is 4.95. The molecule has 0 aromatic carbocycles. The normalized spacial score (nSPS) is 27.6. The van der Waals surface area contributed by atoms with Crippen molar-refractivity contribution in [3.05, 3.63) is 0 Å². The molecule has 2 saturated carbocycles. The van der Waals surface area contributed by atoms with E-state index in [2.05, 4.69) is 0 Å². The third kappa shape index (κ3) is 1.36. The van der Waals surface area contributed by atoms with Gasteiger partial charge in [0.1, 0.15) is 0 Å². The monoisotopic (exact) mass is 138 g/mol. The Labute approximate surface area is 64.0 Å². The summed E-state index contributed by atoms with van der Waals surface area (Å²) in [7, 11) is 0. The van der Waals surface area contributed by atoms with Crippen LogP contribution in [0.25, 0.3) is 0 Å². The second-order valence-electron chi connectivity index (χ2n) is 4.17. The minimum atomic E-state index is 1.15. The molecule has 0 nitrogen and oxygen atoms in total. The molecule has 58 valence electrons. The van der Waals surface area contributed by atoms with Crippen molar-refractivity contribution in [2.75, 3.05) is 0 Å². The van der Waals surface area contributed by atoms with Crippen LogP contribution >= 0.6 is 0 Å². The number of rotatable bonds is 3. The summed E-state index contributed by atoms with van der Waals surface area (Å²) in [5.41, 5.74) is 0. The van der Waals surface area contributed by atoms with E-state index in [9.17, 15) is 0 Å². The standard InChI is InChI=1S/C10H18/c1-3-9(4-1)7-8-10-5-2-6-10/h9-10H,1-8H2. The highest BCUT2D eigenvalue weighted by atomic mass is 14.3. The van der Waals surface area contributed by atoms with Crippen molar-refractivity contribution in [3.8, 4) is 0 Å². The largest absolute Gasteiger partial charge is 0.0528 e. The zero-order valence-electron chi connectivity index (χ0n) is 6.81. The van der Waals surface area contributed by atoms with E-state index in [0.29, 0.717) is 0 Å². The lowest BCUT2D eigenvalue weighted by molar-refractivity contribution is 0.225. The molecule has 0 unspecified atom stereocenters. The van der Waals surface area contributed by atoms with Crippen LogP contribution in [0.2, 0.25) is 0 Å². The predicted octanol–water partition coefficient (Wildman–Crippen LogP) is 3.37. The summed E-state index contributed by atoms with van der Waals surface area (Å²) in [6.45, 7) is 0. The average Bonchev–Trinajstić information content (AvgIpc) is 1.70. The second kappa shape index (κ2) is 2.94. The van der Waals surface area contributed by atoms with Crippen LogP contribution in [0, 0.1) is 11.8 Å². The summed E-state index contributed by atoms with van der Waals surface area (Å²) in [6.07, 6.45) is 12.4. The molecular weight excluding hydrogens is 120 g/mol. The fourth-order valence-corrected chi connectivity index (χ4v) is 2.03. The van der Waals surface area contributed by atoms with Crippen molar-refractivity contribution in [2.45, 2.75) is 51.4 Å². The van der Waals surface area contributed by atoms with E-state index in [1.54, 1.807) is 38.5 Å². The molecule has 0 amide bonds. The molecule has 0 saturated heterocycles. The molecule has 0 heterocycles. The molecule has 0 radical (unpaired) electrons. The first kappa shape index (κ1) is 6.69. The van der Waals surface area contributed by atoms with Crippen molar-refractivity contribution < 1.29 is 0 Å². The molecular formula is C10H18. The summed E-state index contributed by atoms with van der Waals surface area (Å²) in [4.78, 5) is 0. The summed E-state index contributed by atoms with van der Waals surface area (Å²) in [5.74, 6) is 2.31. The van der Waals surface area contributed by atoms with Gasteiger partial charge in [-0.05, 0) is 11.8 Å². The summed E-state index contributed by atoms with van der Waals surface area (Å²) >= 11 is 0. The highest BCUT2D eigenvalue weighted by molar-refractivity contribution is 4.74. The molecule has 0 N–H and O–H groups in total. The molecule has 10 heavy (non-hydrogen) atoms. The van der Waals surface area contributed by atoms with E-state index in [1.165, 1.54) is 12.8 Å². The fraction of sp³-hybridized carbons (Fsp3) is 1.00. The molecule has 2 rings (SSSR count). The molecule has 0 aromatic heterocycles. The van der Waals surface area contributed by atoms with E-state index in [1.807, 2.05) is 0 Å². The zero-order valence-corrected chi connectivity index (χ0v) is 6.81. The van der Waals surface area contributed by atoms with Gasteiger partial charge in [0, 0.05) is 0 Å². The lowest BCUT2D eigenvalue weighted by Gasteiger charge is -2.30. The Balaban J connectivity index is 1.54. The first-order chi connectivity index (χ1) is 4.95. The molecule has 2 fully saturated rings. The highest BCUT2D eigenvalue weighted by Crippen LogP contribution is 2.36. The lowest BCUT2D eigenvalue weighted by Crippen LogP contribution is -2.16. The van der Waals surface area contributed by atoms with Gasteiger partial charge in [-0.15, -0.1) is 0 Å². The highest BCUT2D eigenvalue weighted by Gasteiger charge is 2.21. The third-order valence-electron chi connectivity index (χ3n) is 3.43. The quantitative estimate of drug-likeness (QED) is 0.561. The van der Waals surface area contributed by atoms with Crippen LogP contribution in [-0.4, -0.2) is 0 Å². The summed E-state index contributed by atoms with van der Waals surface area (Å²) in [6, 6.07) is 0. The Morgan fingerprint density at radius 1 is 0.700 bits per heavy atom. The molecule has 2 aliphatic rings. The van der Waals surface area contributed by atoms with Gasteiger partial charge in [-0.2, -0.15) is 0 Å².